The molecule has 0 radical (unpaired) electrons. The number of rotatable bonds is 6. The highest BCUT2D eigenvalue weighted by Gasteiger charge is 2.03. The van der Waals surface area contributed by atoms with Crippen LogP contribution in [-0.2, 0) is 0 Å². The maximum Gasteiger partial charge on any atom is 0.134 e. The first-order chi connectivity index (χ1) is 11.7. The number of anilines is 2. The summed E-state index contributed by atoms with van der Waals surface area (Å²) in [6, 6.07) is 17.9. The van der Waals surface area contributed by atoms with Crippen LogP contribution >= 0.6 is 0 Å². The van der Waals surface area contributed by atoms with Crippen LogP contribution in [0.4, 0.5) is 11.5 Å². The molecular formula is C19H20N4O. The lowest BCUT2D eigenvalue weighted by molar-refractivity contribution is 0.328. The number of aryl methyl sites for hydroxylation is 1. The molecule has 122 valence electrons. The van der Waals surface area contributed by atoms with Gasteiger partial charge in [0.1, 0.15) is 24.5 Å². The summed E-state index contributed by atoms with van der Waals surface area (Å²) in [5, 5.41) is 3.29. The van der Waals surface area contributed by atoms with E-state index in [0.29, 0.717) is 13.2 Å². The van der Waals surface area contributed by atoms with Crippen molar-refractivity contribution in [1.29, 1.82) is 0 Å². The van der Waals surface area contributed by atoms with E-state index in [1.807, 2.05) is 42.5 Å². The fourth-order valence-electron chi connectivity index (χ4n) is 2.27. The van der Waals surface area contributed by atoms with Gasteiger partial charge < -0.3 is 15.8 Å². The van der Waals surface area contributed by atoms with Crippen LogP contribution in [0, 0.1) is 6.92 Å². The molecule has 24 heavy (non-hydrogen) atoms. The van der Waals surface area contributed by atoms with E-state index in [1.165, 1.54) is 5.56 Å². The van der Waals surface area contributed by atoms with Gasteiger partial charge in [-0.15, -0.1) is 0 Å². The van der Waals surface area contributed by atoms with Crippen LogP contribution in [0.25, 0.3) is 11.3 Å². The zero-order valence-corrected chi connectivity index (χ0v) is 13.6. The van der Waals surface area contributed by atoms with Crippen LogP contribution in [0.1, 0.15) is 5.56 Å². The molecule has 1 aromatic heterocycles. The van der Waals surface area contributed by atoms with E-state index >= 15 is 0 Å². The quantitative estimate of drug-likeness (QED) is 0.727. The van der Waals surface area contributed by atoms with Gasteiger partial charge in [-0.2, -0.15) is 0 Å². The number of nitrogens with two attached hydrogens (primary N) is 1. The molecule has 0 unspecified atom stereocenters. The molecule has 5 heteroatoms. The molecule has 3 N–H and O–H groups in total. The minimum Gasteiger partial charge on any atom is -0.492 e. The van der Waals surface area contributed by atoms with E-state index in [0.717, 1.165) is 28.5 Å². The Morgan fingerprint density at radius 2 is 1.75 bits per heavy atom. The van der Waals surface area contributed by atoms with E-state index in [2.05, 4.69) is 34.3 Å². The van der Waals surface area contributed by atoms with Gasteiger partial charge >= 0.3 is 0 Å². The maximum atomic E-state index is 5.49. The van der Waals surface area contributed by atoms with Crippen molar-refractivity contribution in [2.24, 2.45) is 5.73 Å². The lowest BCUT2D eigenvalue weighted by Gasteiger charge is -2.08. The predicted octanol–water partition coefficient (Wildman–Crippen LogP) is 3.53. The molecule has 0 spiro atoms. The summed E-state index contributed by atoms with van der Waals surface area (Å²) in [6.07, 6.45) is 1.56. The lowest BCUT2D eigenvalue weighted by Crippen LogP contribution is -2.10. The van der Waals surface area contributed by atoms with Gasteiger partial charge in [-0.25, -0.2) is 9.97 Å². The van der Waals surface area contributed by atoms with Crippen molar-refractivity contribution >= 4 is 11.5 Å². The Balaban J connectivity index is 1.76. The Bertz CT molecular complexity index is 785. The molecule has 0 fully saturated rings. The molecule has 0 aliphatic rings. The van der Waals surface area contributed by atoms with E-state index in [9.17, 15) is 0 Å². The van der Waals surface area contributed by atoms with Gasteiger partial charge in [-0.1, -0.05) is 17.7 Å². The van der Waals surface area contributed by atoms with Crippen molar-refractivity contribution in [2.75, 3.05) is 18.5 Å². The second kappa shape index (κ2) is 7.57. The van der Waals surface area contributed by atoms with Crippen molar-refractivity contribution in [3.63, 3.8) is 0 Å². The summed E-state index contributed by atoms with van der Waals surface area (Å²) in [7, 11) is 0. The monoisotopic (exact) mass is 320 g/mol. The second-order valence-corrected chi connectivity index (χ2v) is 5.44. The van der Waals surface area contributed by atoms with Gasteiger partial charge in [0.2, 0.25) is 0 Å². The molecule has 0 amide bonds. The largest absolute Gasteiger partial charge is 0.492 e. The molecule has 3 rings (SSSR count). The van der Waals surface area contributed by atoms with Crippen molar-refractivity contribution in [2.45, 2.75) is 6.92 Å². The van der Waals surface area contributed by atoms with Gasteiger partial charge in [-0.3, -0.25) is 0 Å². The minimum atomic E-state index is 0.502. The Morgan fingerprint density at radius 1 is 1.00 bits per heavy atom. The fourth-order valence-corrected chi connectivity index (χ4v) is 2.27. The smallest absolute Gasteiger partial charge is 0.134 e. The molecule has 0 atom stereocenters. The standard InChI is InChI=1S/C19H20N4O/c1-14-2-6-16(7-3-14)23-19-12-18(21-13-22-19)15-4-8-17(9-5-15)24-11-10-20/h2-9,12-13H,10-11,20H2,1H3,(H,21,22,23). The Labute approximate surface area is 141 Å². The lowest BCUT2D eigenvalue weighted by atomic mass is 10.1. The molecule has 5 nitrogen and oxygen atoms in total. The number of hydrogen-bond donors (Lipinski definition) is 2. The van der Waals surface area contributed by atoms with Crippen LogP contribution in [0.15, 0.2) is 60.9 Å². The number of ether oxygens (including phenoxy) is 1. The summed E-state index contributed by atoms with van der Waals surface area (Å²) in [4.78, 5) is 8.63. The third-order valence-corrected chi connectivity index (χ3v) is 3.53. The highest BCUT2D eigenvalue weighted by molar-refractivity contribution is 5.65. The fraction of sp³-hybridized carbons (Fsp3) is 0.158. The molecular weight excluding hydrogens is 300 g/mol. The highest BCUT2D eigenvalue weighted by Crippen LogP contribution is 2.23. The third-order valence-electron chi connectivity index (χ3n) is 3.53. The van der Waals surface area contributed by atoms with Gasteiger partial charge in [0.05, 0.1) is 5.69 Å². The summed E-state index contributed by atoms with van der Waals surface area (Å²) < 4.78 is 5.49. The van der Waals surface area contributed by atoms with E-state index < -0.39 is 0 Å². The van der Waals surface area contributed by atoms with Crippen LogP contribution in [0.2, 0.25) is 0 Å². The van der Waals surface area contributed by atoms with Crippen LogP contribution in [0.3, 0.4) is 0 Å². The molecule has 1 heterocycles. The molecule has 0 saturated carbocycles. The SMILES string of the molecule is Cc1ccc(Nc2cc(-c3ccc(OCCN)cc3)ncn2)cc1. The van der Waals surface area contributed by atoms with E-state index in [4.69, 9.17) is 10.5 Å². The van der Waals surface area contributed by atoms with Gasteiger partial charge in [0, 0.05) is 23.9 Å². The van der Waals surface area contributed by atoms with E-state index in [-0.39, 0.29) is 0 Å². The summed E-state index contributed by atoms with van der Waals surface area (Å²) in [6.45, 7) is 3.08. The molecule has 0 aliphatic heterocycles. The molecule has 3 aromatic rings. The van der Waals surface area contributed by atoms with Crippen molar-refractivity contribution < 1.29 is 4.74 Å². The van der Waals surface area contributed by atoms with Crippen LogP contribution in [0.5, 0.6) is 5.75 Å². The molecule has 0 bridgehead atoms. The maximum absolute atomic E-state index is 5.49. The van der Waals surface area contributed by atoms with Gasteiger partial charge in [-0.05, 0) is 43.3 Å². The molecule has 0 aliphatic carbocycles. The predicted molar refractivity (Wildman–Crippen MR) is 96.5 cm³/mol. The van der Waals surface area contributed by atoms with Crippen molar-refractivity contribution in [3.05, 3.63) is 66.5 Å². The number of aromatic nitrogens is 2. The Hall–Kier alpha value is -2.92. The normalized spacial score (nSPS) is 10.4. The number of nitrogens with zero attached hydrogens (tertiary/aromatic N) is 2. The van der Waals surface area contributed by atoms with Crippen molar-refractivity contribution in [1.82, 2.24) is 9.97 Å². The average molecular weight is 320 g/mol. The number of hydrogen-bond acceptors (Lipinski definition) is 5. The summed E-state index contributed by atoms with van der Waals surface area (Å²) in [5.41, 5.74) is 9.51. The summed E-state index contributed by atoms with van der Waals surface area (Å²) in [5.74, 6) is 1.56. The topological polar surface area (TPSA) is 73.1 Å². The zero-order chi connectivity index (χ0) is 16.8. The Kier molecular flexibility index (Phi) is 5.03. The minimum absolute atomic E-state index is 0.502. The summed E-state index contributed by atoms with van der Waals surface area (Å²) >= 11 is 0. The Morgan fingerprint density at radius 3 is 2.46 bits per heavy atom. The average Bonchev–Trinajstić information content (AvgIpc) is 2.63. The van der Waals surface area contributed by atoms with Crippen LogP contribution in [-0.4, -0.2) is 23.1 Å². The highest BCUT2D eigenvalue weighted by atomic mass is 16.5. The molecule has 2 aromatic carbocycles. The second-order valence-electron chi connectivity index (χ2n) is 5.44. The van der Waals surface area contributed by atoms with Crippen molar-refractivity contribution in [3.8, 4) is 17.0 Å². The number of benzene rings is 2. The van der Waals surface area contributed by atoms with Gasteiger partial charge in [0.15, 0.2) is 0 Å². The third kappa shape index (κ3) is 4.08. The number of nitrogens with one attached hydrogen (secondary N) is 1. The van der Waals surface area contributed by atoms with Crippen LogP contribution < -0.4 is 15.8 Å². The van der Waals surface area contributed by atoms with E-state index in [1.54, 1.807) is 6.33 Å². The molecule has 0 saturated heterocycles. The first kappa shape index (κ1) is 16.0. The van der Waals surface area contributed by atoms with Gasteiger partial charge in [0.25, 0.3) is 0 Å². The first-order valence-electron chi connectivity index (χ1n) is 7.83. The first-order valence-corrected chi connectivity index (χ1v) is 7.83. The zero-order valence-electron chi connectivity index (χ0n) is 13.6.